The van der Waals surface area contributed by atoms with Crippen molar-refractivity contribution in [2.75, 3.05) is 13.7 Å². The first-order valence-electron chi connectivity index (χ1n) is 5.95. The molecule has 0 saturated heterocycles. The molecule has 0 spiro atoms. The second-order valence-corrected chi connectivity index (χ2v) is 3.86. The molecule has 0 aliphatic rings. The first-order valence-corrected chi connectivity index (χ1v) is 5.95. The molecule has 0 fully saturated rings. The van der Waals surface area contributed by atoms with E-state index in [-0.39, 0.29) is 6.61 Å². The predicted molar refractivity (Wildman–Crippen MR) is 62.8 cm³/mol. The largest absolute Gasteiger partial charge is 0.573 e. The summed E-state index contributed by atoms with van der Waals surface area (Å²) in [5.41, 5.74) is -1.40. The lowest BCUT2D eigenvalue weighted by Gasteiger charge is -2.16. The van der Waals surface area contributed by atoms with Crippen LogP contribution in [0.25, 0.3) is 0 Å². The first-order chi connectivity index (χ1) is 10.2. The van der Waals surface area contributed by atoms with Crippen LogP contribution in [0.2, 0.25) is 0 Å². The Balaban J connectivity index is 3.32. The van der Waals surface area contributed by atoms with E-state index in [0.717, 1.165) is 7.11 Å². The number of pyridine rings is 1. The quantitative estimate of drug-likeness (QED) is 0.593. The molecule has 0 aliphatic heterocycles. The maximum absolute atomic E-state index is 12.7. The van der Waals surface area contributed by atoms with Crippen molar-refractivity contribution in [1.29, 1.82) is 0 Å². The van der Waals surface area contributed by atoms with Crippen molar-refractivity contribution >= 4 is 5.97 Å². The Morgan fingerprint density at radius 3 is 2.45 bits per heavy atom. The zero-order chi connectivity index (χ0) is 16.9. The van der Waals surface area contributed by atoms with Gasteiger partial charge in [-0.3, -0.25) is 4.79 Å². The first kappa shape index (κ1) is 17.9. The van der Waals surface area contributed by atoms with E-state index in [4.69, 9.17) is 0 Å². The highest BCUT2D eigenvalue weighted by molar-refractivity contribution is 5.74. The fourth-order valence-corrected chi connectivity index (χ4v) is 1.56. The molecule has 0 radical (unpaired) electrons. The molecule has 1 rings (SSSR count). The van der Waals surface area contributed by atoms with Gasteiger partial charge in [-0.25, -0.2) is 13.8 Å². The SMILES string of the molecule is CCOC(=O)Cc1c(OC(F)(F)F)cc(C(F)F)nc1OC. The fourth-order valence-electron chi connectivity index (χ4n) is 1.56. The third-order valence-electron chi connectivity index (χ3n) is 2.33. The number of esters is 1. The van der Waals surface area contributed by atoms with Crippen LogP contribution in [0.3, 0.4) is 0 Å². The zero-order valence-electron chi connectivity index (χ0n) is 11.5. The van der Waals surface area contributed by atoms with Crippen molar-refractivity contribution in [3.63, 3.8) is 0 Å². The summed E-state index contributed by atoms with van der Waals surface area (Å²) < 4.78 is 75.4. The number of alkyl halides is 5. The molecule has 124 valence electrons. The summed E-state index contributed by atoms with van der Waals surface area (Å²) in [5.74, 6) is -2.42. The van der Waals surface area contributed by atoms with Gasteiger partial charge in [-0.1, -0.05) is 0 Å². The summed E-state index contributed by atoms with van der Waals surface area (Å²) in [4.78, 5) is 14.8. The number of carbonyl (C=O) groups excluding carboxylic acids is 1. The molecule has 0 saturated carbocycles. The maximum Gasteiger partial charge on any atom is 0.573 e. The average molecular weight is 329 g/mol. The topological polar surface area (TPSA) is 57.7 Å². The lowest BCUT2D eigenvalue weighted by atomic mass is 10.1. The van der Waals surface area contributed by atoms with Gasteiger partial charge < -0.3 is 14.2 Å². The molecule has 0 aromatic carbocycles. The second-order valence-electron chi connectivity index (χ2n) is 3.86. The number of rotatable bonds is 6. The van der Waals surface area contributed by atoms with E-state index >= 15 is 0 Å². The Morgan fingerprint density at radius 2 is 2.00 bits per heavy atom. The molecule has 0 N–H and O–H groups in total. The van der Waals surface area contributed by atoms with Gasteiger partial charge in [0.1, 0.15) is 11.4 Å². The highest BCUT2D eigenvalue weighted by Crippen LogP contribution is 2.35. The Labute approximate surface area is 122 Å². The summed E-state index contributed by atoms with van der Waals surface area (Å²) in [7, 11) is 1.02. The molecule has 0 aliphatic carbocycles. The number of hydrogen-bond donors (Lipinski definition) is 0. The van der Waals surface area contributed by atoms with Crippen molar-refractivity contribution in [1.82, 2.24) is 4.98 Å². The molecule has 10 heteroatoms. The molecule has 0 atom stereocenters. The van der Waals surface area contributed by atoms with Crippen molar-refractivity contribution < 1.29 is 41.0 Å². The normalized spacial score (nSPS) is 11.5. The third kappa shape index (κ3) is 5.01. The molecule has 22 heavy (non-hydrogen) atoms. The number of carbonyl (C=O) groups is 1. The van der Waals surface area contributed by atoms with Crippen LogP contribution in [0, 0.1) is 0 Å². The molecular formula is C12H12F5NO4. The van der Waals surface area contributed by atoms with Crippen LogP contribution in [0.1, 0.15) is 24.6 Å². The highest BCUT2D eigenvalue weighted by Gasteiger charge is 2.34. The Morgan fingerprint density at radius 1 is 1.36 bits per heavy atom. The minimum absolute atomic E-state index is 0.000837. The molecule has 0 amide bonds. The molecule has 0 bridgehead atoms. The van der Waals surface area contributed by atoms with Gasteiger partial charge in [0.25, 0.3) is 6.43 Å². The third-order valence-corrected chi connectivity index (χ3v) is 2.33. The second kappa shape index (κ2) is 7.23. The van der Waals surface area contributed by atoms with Crippen LogP contribution >= 0.6 is 0 Å². The van der Waals surface area contributed by atoms with E-state index < -0.39 is 48.1 Å². The van der Waals surface area contributed by atoms with Crippen LogP contribution in [0.15, 0.2) is 6.07 Å². The number of nitrogens with zero attached hydrogens (tertiary/aromatic N) is 1. The predicted octanol–water partition coefficient (Wildman–Crippen LogP) is 3.03. The minimum atomic E-state index is -5.13. The van der Waals surface area contributed by atoms with Crippen LogP contribution in [0.4, 0.5) is 22.0 Å². The number of hydrogen-bond acceptors (Lipinski definition) is 5. The summed E-state index contributed by atoms with van der Waals surface area (Å²) in [6.45, 7) is 1.50. The van der Waals surface area contributed by atoms with Gasteiger partial charge in [0.05, 0.1) is 25.7 Å². The maximum atomic E-state index is 12.7. The van der Waals surface area contributed by atoms with Crippen molar-refractivity contribution in [3.8, 4) is 11.6 Å². The van der Waals surface area contributed by atoms with Crippen LogP contribution in [-0.2, 0) is 16.0 Å². The monoisotopic (exact) mass is 329 g/mol. The summed E-state index contributed by atoms with van der Waals surface area (Å²) in [6.07, 6.45) is -8.94. The van der Waals surface area contributed by atoms with E-state index in [0.29, 0.717) is 6.07 Å². The molecular weight excluding hydrogens is 317 g/mol. The summed E-state index contributed by atoms with van der Waals surface area (Å²) >= 11 is 0. The van der Waals surface area contributed by atoms with E-state index in [9.17, 15) is 26.7 Å². The van der Waals surface area contributed by atoms with Gasteiger partial charge in [-0.2, -0.15) is 0 Å². The van der Waals surface area contributed by atoms with Gasteiger partial charge >= 0.3 is 12.3 Å². The summed E-state index contributed by atoms with van der Waals surface area (Å²) in [6, 6.07) is 0.412. The van der Waals surface area contributed by atoms with Crippen LogP contribution in [0.5, 0.6) is 11.6 Å². The van der Waals surface area contributed by atoms with Gasteiger partial charge in [-0.05, 0) is 6.92 Å². The van der Waals surface area contributed by atoms with Gasteiger partial charge in [-0.15, -0.1) is 13.2 Å². The van der Waals surface area contributed by atoms with E-state index in [1.54, 1.807) is 0 Å². The highest BCUT2D eigenvalue weighted by atomic mass is 19.4. The smallest absolute Gasteiger partial charge is 0.481 e. The number of ether oxygens (including phenoxy) is 3. The number of halogens is 5. The Hall–Kier alpha value is -2.13. The zero-order valence-corrected chi connectivity index (χ0v) is 11.5. The molecule has 0 unspecified atom stereocenters. The fraction of sp³-hybridized carbons (Fsp3) is 0.500. The van der Waals surface area contributed by atoms with Gasteiger partial charge in [0.15, 0.2) is 0 Å². The van der Waals surface area contributed by atoms with E-state index in [1.807, 2.05) is 0 Å². The van der Waals surface area contributed by atoms with Crippen molar-refractivity contribution in [3.05, 3.63) is 17.3 Å². The lowest BCUT2D eigenvalue weighted by Crippen LogP contribution is -2.20. The molecule has 1 heterocycles. The Kier molecular flexibility index (Phi) is 5.89. The molecule has 1 aromatic heterocycles. The standard InChI is InChI=1S/C12H12F5NO4/c1-3-21-9(19)4-6-8(22-12(15,16)17)5-7(10(13)14)18-11(6)20-2/h5,10H,3-4H2,1-2H3. The van der Waals surface area contributed by atoms with Gasteiger partial charge in [0, 0.05) is 6.07 Å². The molecule has 1 aromatic rings. The van der Waals surface area contributed by atoms with Crippen molar-refractivity contribution in [2.45, 2.75) is 26.1 Å². The lowest BCUT2D eigenvalue weighted by molar-refractivity contribution is -0.275. The Bertz CT molecular complexity index is 533. The van der Waals surface area contributed by atoms with E-state index in [1.165, 1.54) is 6.92 Å². The van der Waals surface area contributed by atoms with Crippen LogP contribution in [-0.4, -0.2) is 31.0 Å². The van der Waals surface area contributed by atoms with E-state index in [2.05, 4.69) is 19.2 Å². The number of methoxy groups -OCH3 is 1. The minimum Gasteiger partial charge on any atom is -0.481 e. The van der Waals surface area contributed by atoms with Crippen molar-refractivity contribution in [2.24, 2.45) is 0 Å². The van der Waals surface area contributed by atoms with Gasteiger partial charge in [0.2, 0.25) is 5.88 Å². The average Bonchev–Trinajstić information content (AvgIpc) is 2.38. The number of aromatic nitrogens is 1. The molecule has 5 nitrogen and oxygen atoms in total. The van der Waals surface area contributed by atoms with Crippen LogP contribution < -0.4 is 9.47 Å². The summed E-state index contributed by atoms with van der Waals surface area (Å²) in [5, 5.41) is 0.